The Hall–Kier alpha value is -2.77. The van der Waals surface area contributed by atoms with Gasteiger partial charge in [0.25, 0.3) is 0 Å². The number of hydrogen-bond acceptors (Lipinski definition) is 4. The third-order valence-corrected chi connectivity index (χ3v) is 2.67. The van der Waals surface area contributed by atoms with Crippen LogP contribution in [0, 0.1) is 5.82 Å². The van der Waals surface area contributed by atoms with E-state index in [0.717, 1.165) is 0 Å². The number of rotatable bonds is 6. The highest BCUT2D eigenvalue weighted by Gasteiger charge is 2.08. The normalized spacial score (nSPS) is 10.3. The fraction of sp³-hybridized carbons (Fsp3) is 0.231. The predicted molar refractivity (Wildman–Crippen MR) is 70.1 cm³/mol. The number of amides is 1. The predicted octanol–water partition coefficient (Wildman–Crippen LogP) is 0.474. The molecule has 1 amide bonds. The number of carboxylic acids is 1. The quantitative estimate of drug-likeness (QED) is 0.807. The monoisotopic (exact) mass is 292 g/mol. The van der Waals surface area contributed by atoms with Gasteiger partial charge < -0.3 is 10.4 Å². The molecule has 2 rings (SSSR count). The van der Waals surface area contributed by atoms with Crippen molar-refractivity contribution >= 4 is 11.9 Å². The topological polar surface area (TPSA) is 97.1 Å². The lowest BCUT2D eigenvalue weighted by molar-refractivity contribution is -0.120. The summed E-state index contributed by atoms with van der Waals surface area (Å²) in [5.74, 6) is -1.79. The first-order valence-electron chi connectivity index (χ1n) is 6.19. The lowest BCUT2D eigenvalue weighted by Crippen LogP contribution is -2.28. The minimum atomic E-state index is -1.16. The molecule has 0 aliphatic heterocycles. The van der Waals surface area contributed by atoms with Crippen molar-refractivity contribution in [1.29, 1.82) is 0 Å². The molecule has 0 atom stereocenters. The highest BCUT2D eigenvalue weighted by atomic mass is 19.1. The molecule has 21 heavy (non-hydrogen) atoms. The molecule has 0 saturated carbocycles. The molecule has 0 saturated heterocycles. The molecule has 1 heterocycles. The van der Waals surface area contributed by atoms with Crippen LogP contribution in [0.3, 0.4) is 0 Å². The van der Waals surface area contributed by atoms with Crippen molar-refractivity contribution in [3.8, 4) is 0 Å². The van der Waals surface area contributed by atoms with E-state index in [4.69, 9.17) is 5.11 Å². The Morgan fingerprint density at radius 3 is 2.86 bits per heavy atom. The zero-order valence-corrected chi connectivity index (χ0v) is 11.0. The van der Waals surface area contributed by atoms with Gasteiger partial charge in [-0.05, 0) is 17.7 Å². The molecule has 0 unspecified atom stereocenters. The van der Waals surface area contributed by atoms with Crippen LogP contribution in [0.4, 0.5) is 4.39 Å². The largest absolute Gasteiger partial charge is 0.476 e. The first-order valence-corrected chi connectivity index (χ1v) is 6.19. The van der Waals surface area contributed by atoms with E-state index in [1.54, 1.807) is 12.1 Å². The first kappa shape index (κ1) is 14.6. The zero-order chi connectivity index (χ0) is 15.2. The highest BCUT2D eigenvalue weighted by Crippen LogP contribution is 2.04. The standard InChI is InChI=1S/C13H13FN4O3/c14-10-3-1-2-9(6-10)7-12(19)15-4-5-18-8-11(13(20)21)16-17-18/h1-3,6,8H,4-5,7H2,(H,15,19)(H,20,21). The Morgan fingerprint density at radius 2 is 2.19 bits per heavy atom. The fourth-order valence-corrected chi connectivity index (χ4v) is 1.71. The van der Waals surface area contributed by atoms with E-state index in [1.807, 2.05) is 0 Å². The summed E-state index contributed by atoms with van der Waals surface area (Å²) in [6, 6.07) is 5.82. The molecule has 8 heteroatoms. The maximum atomic E-state index is 13.0. The highest BCUT2D eigenvalue weighted by molar-refractivity contribution is 5.84. The summed E-state index contributed by atoms with van der Waals surface area (Å²) >= 11 is 0. The van der Waals surface area contributed by atoms with Gasteiger partial charge in [-0.25, -0.2) is 13.9 Å². The summed E-state index contributed by atoms with van der Waals surface area (Å²) in [6.07, 6.45) is 1.36. The molecule has 0 aliphatic rings. The number of aromatic carboxylic acids is 1. The molecular weight excluding hydrogens is 279 g/mol. The van der Waals surface area contributed by atoms with Crippen LogP contribution in [0.1, 0.15) is 16.1 Å². The minimum absolute atomic E-state index is 0.0789. The Morgan fingerprint density at radius 1 is 1.38 bits per heavy atom. The van der Waals surface area contributed by atoms with Crippen LogP contribution >= 0.6 is 0 Å². The van der Waals surface area contributed by atoms with Crippen LogP contribution in [-0.4, -0.2) is 38.5 Å². The van der Waals surface area contributed by atoms with Crippen LogP contribution in [0.5, 0.6) is 0 Å². The number of nitrogens with one attached hydrogen (secondary N) is 1. The van der Waals surface area contributed by atoms with Gasteiger partial charge in [0, 0.05) is 6.54 Å². The smallest absolute Gasteiger partial charge is 0.358 e. The fourth-order valence-electron chi connectivity index (χ4n) is 1.71. The van der Waals surface area contributed by atoms with E-state index in [2.05, 4.69) is 15.6 Å². The second kappa shape index (κ2) is 6.60. The van der Waals surface area contributed by atoms with Crippen LogP contribution in [-0.2, 0) is 17.8 Å². The van der Waals surface area contributed by atoms with Gasteiger partial charge in [-0.15, -0.1) is 5.10 Å². The Bertz CT molecular complexity index is 656. The average molecular weight is 292 g/mol. The third-order valence-electron chi connectivity index (χ3n) is 2.67. The Balaban J connectivity index is 1.77. The lowest BCUT2D eigenvalue weighted by Gasteiger charge is -2.05. The van der Waals surface area contributed by atoms with Crippen molar-refractivity contribution in [1.82, 2.24) is 20.3 Å². The van der Waals surface area contributed by atoms with Crippen molar-refractivity contribution < 1.29 is 19.1 Å². The average Bonchev–Trinajstić information content (AvgIpc) is 2.87. The molecule has 110 valence electrons. The number of carbonyl (C=O) groups excluding carboxylic acids is 1. The van der Waals surface area contributed by atoms with Gasteiger partial charge >= 0.3 is 5.97 Å². The van der Waals surface area contributed by atoms with Gasteiger partial charge in [-0.3, -0.25) is 4.79 Å². The molecular formula is C13H13FN4O3. The molecule has 0 radical (unpaired) electrons. The SMILES string of the molecule is O=C(Cc1cccc(F)c1)NCCn1cc(C(=O)O)nn1. The van der Waals surface area contributed by atoms with Gasteiger partial charge in [0.2, 0.25) is 5.91 Å². The Kier molecular flexibility index (Phi) is 4.60. The van der Waals surface area contributed by atoms with E-state index in [1.165, 1.54) is 23.0 Å². The number of aromatic nitrogens is 3. The molecule has 0 aliphatic carbocycles. The van der Waals surface area contributed by atoms with Crippen molar-refractivity contribution in [2.45, 2.75) is 13.0 Å². The van der Waals surface area contributed by atoms with Crippen LogP contribution in [0.15, 0.2) is 30.5 Å². The molecule has 7 nitrogen and oxygen atoms in total. The summed E-state index contributed by atoms with van der Waals surface area (Å²) in [4.78, 5) is 22.3. The molecule has 0 bridgehead atoms. The van der Waals surface area contributed by atoms with E-state index in [0.29, 0.717) is 12.1 Å². The second-order valence-electron chi connectivity index (χ2n) is 4.33. The summed E-state index contributed by atoms with van der Waals surface area (Å²) < 4.78 is 14.3. The Labute approximate surface area is 119 Å². The van der Waals surface area contributed by atoms with Crippen LogP contribution in [0.25, 0.3) is 0 Å². The van der Waals surface area contributed by atoms with E-state index < -0.39 is 5.97 Å². The van der Waals surface area contributed by atoms with Crippen molar-refractivity contribution in [2.24, 2.45) is 0 Å². The molecule has 1 aromatic heterocycles. The number of carboxylic acid groups (broad SMARTS) is 1. The van der Waals surface area contributed by atoms with Crippen molar-refractivity contribution in [3.63, 3.8) is 0 Å². The van der Waals surface area contributed by atoms with Gasteiger partial charge in [0.1, 0.15) is 5.82 Å². The molecule has 2 N–H and O–H groups in total. The number of benzene rings is 1. The van der Waals surface area contributed by atoms with Gasteiger partial charge in [-0.2, -0.15) is 0 Å². The maximum Gasteiger partial charge on any atom is 0.358 e. The van der Waals surface area contributed by atoms with E-state index in [9.17, 15) is 14.0 Å². The maximum absolute atomic E-state index is 13.0. The molecule has 2 aromatic rings. The van der Waals surface area contributed by atoms with E-state index in [-0.39, 0.29) is 30.4 Å². The van der Waals surface area contributed by atoms with Gasteiger partial charge in [-0.1, -0.05) is 17.3 Å². The molecule has 0 spiro atoms. The van der Waals surface area contributed by atoms with E-state index >= 15 is 0 Å². The summed E-state index contributed by atoms with van der Waals surface area (Å²) in [6.45, 7) is 0.575. The van der Waals surface area contributed by atoms with Crippen molar-refractivity contribution in [2.75, 3.05) is 6.54 Å². The second-order valence-corrected chi connectivity index (χ2v) is 4.33. The van der Waals surface area contributed by atoms with Crippen molar-refractivity contribution in [3.05, 3.63) is 47.5 Å². The number of carbonyl (C=O) groups is 2. The summed E-state index contributed by atoms with van der Waals surface area (Å²) in [7, 11) is 0. The number of hydrogen-bond donors (Lipinski definition) is 2. The van der Waals surface area contributed by atoms with Gasteiger partial charge in [0.15, 0.2) is 5.69 Å². The minimum Gasteiger partial charge on any atom is -0.476 e. The van der Waals surface area contributed by atoms with Crippen LogP contribution < -0.4 is 5.32 Å². The number of nitrogens with zero attached hydrogens (tertiary/aromatic N) is 3. The van der Waals surface area contributed by atoms with Crippen LogP contribution in [0.2, 0.25) is 0 Å². The summed E-state index contributed by atoms with van der Waals surface area (Å²) in [5.41, 5.74) is 0.433. The summed E-state index contributed by atoms with van der Waals surface area (Å²) in [5, 5.41) is 18.4. The number of halogens is 1. The van der Waals surface area contributed by atoms with Gasteiger partial charge in [0.05, 0.1) is 19.2 Å². The first-order chi connectivity index (χ1) is 10.0. The third kappa shape index (κ3) is 4.37. The molecule has 1 aromatic carbocycles. The zero-order valence-electron chi connectivity index (χ0n) is 11.0. The molecule has 0 fully saturated rings. The lowest BCUT2D eigenvalue weighted by atomic mass is 10.1.